The molecule has 2 N–H and O–H groups in total. The second-order valence-electron chi connectivity index (χ2n) is 12.9. The fourth-order valence-corrected chi connectivity index (χ4v) is 8.00. The van der Waals surface area contributed by atoms with Gasteiger partial charge in [-0.25, -0.2) is 8.42 Å². The molecule has 0 unspecified atom stereocenters. The van der Waals surface area contributed by atoms with Crippen molar-refractivity contribution in [1.29, 1.82) is 0 Å². The zero-order valence-corrected chi connectivity index (χ0v) is 27.3. The van der Waals surface area contributed by atoms with Crippen LogP contribution in [0.15, 0.2) is 89.8 Å². The van der Waals surface area contributed by atoms with Crippen molar-refractivity contribution in [3.8, 4) is 16.9 Å². The largest absolute Gasteiger partial charge is 0.490 e. The van der Waals surface area contributed by atoms with Gasteiger partial charge in [-0.1, -0.05) is 60.1 Å². The molecule has 7 rings (SSSR count). The molecule has 3 fully saturated rings. The number of ether oxygens (including phenoxy) is 1. The van der Waals surface area contributed by atoms with Crippen LogP contribution in [0.5, 0.6) is 5.75 Å². The summed E-state index contributed by atoms with van der Waals surface area (Å²) in [6.07, 6.45) is 6.13. The van der Waals surface area contributed by atoms with Crippen molar-refractivity contribution in [3.05, 3.63) is 95.5 Å². The van der Waals surface area contributed by atoms with Gasteiger partial charge in [0, 0.05) is 35.8 Å². The zero-order chi connectivity index (χ0) is 32.8. The number of fused-ring (bicyclic) bond motifs is 1. The topological polar surface area (TPSA) is 87.7 Å². The smallest absolute Gasteiger partial charge is 0.298 e. The molecule has 2 aliphatic carbocycles. The highest BCUT2D eigenvalue weighted by Gasteiger charge is 2.53. The van der Waals surface area contributed by atoms with E-state index in [-0.39, 0.29) is 29.6 Å². The minimum absolute atomic E-state index is 0.173. The van der Waals surface area contributed by atoms with E-state index in [0.29, 0.717) is 28.3 Å². The number of benzene rings is 4. The molecule has 1 saturated heterocycles. The van der Waals surface area contributed by atoms with Crippen LogP contribution in [-0.2, 0) is 20.7 Å². The molecule has 1 atom stereocenters. The standard InChI is InChI=1S/C36H36ClF2N3O4S/c37-29-13-7-25(8-14-29)24-5-11-28(12-6-24)36(38,39)33(34(43)42-20-19-40-35(23-42)17-18-35)41-47(44,45)32-16-10-26-21-31(15-9-27(26)22-32)46-30-3-1-2-4-30/h5-16,21-22,30,33,40-41H,1-4,17-20,23H2/t33-/m1/s1. The Morgan fingerprint density at radius 2 is 1.57 bits per heavy atom. The maximum atomic E-state index is 16.5. The number of sulfonamides is 1. The lowest BCUT2D eigenvalue weighted by Gasteiger charge is -2.38. The van der Waals surface area contributed by atoms with Crippen LogP contribution in [0.3, 0.4) is 0 Å². The average Bonchev–Trinajstić information content (AvgIpc) is 3.60. The van der Waals surface area contributed by atoms with Gasteiger partial charge >= 0.3 is 0 Å². The highest BCUT2D eigenvalue weighted by atomic mass is 35.5. The quantitative estimate of drug-likeness (QED) is 0.201. The molecule has 11 heteroatoms. The number of halogens is 3. The van der Waals surface area contributed by atoms with Crippen molar-refractivity contribution >= 4 is 38.3 Å². The van der Waals surface area contributed by atoms with Gasteiger partial charge in [-0.2, -0.15) is 13.5 Å². The van der Waals surface area contributed by atoms with Gasteiger partial charge in [0.05, 0.1) is 11.0 Å². The summed E-state index contributed by atoms with van der Waals surface area (Å²) in [7, 11) is -4.56. The average molecular weight is 680 g/mol. The van der Waals surface area contributed by atoms with E-state index in [2.05, 4.69) is 10.0 Å². The Morgan fingerprint density at radius 3 is 2.26 bits per heavy atom. The number of nitrogens with one attached hydrogen (secondary N) is 2. The van der Waals surface area contributed by atoms with E-state index in [1.165, 1.54) is 41.3 Å². The van der Waals surface area contributed by atoms with Crippen molar-refractivity contribution in [2.75, 3.05) is 19.6 Å². The van der Waals surface area contributed by atoms with E-state index in [9.17, 15) is 13.2 Å². The molecular weight excluding hydrogens is 644 g/mol. The normalized spacial score (nSPS) is 18.8. The Morgan fingerprint density at radius 1 is 0.936 bits per heavy atom. The molecule has 3 aliphatic rings. The summed E-state index contributed by atoms with van der Waals surface area (Å²) >= 11 is 5.99. The first-order chi connectivity index (χ1) is 22.5. The maximum Gasteiger partial charge on any atom is 0.298 e. The van der Waals surface area contributed by atoms with Crippen LogP contribution in [-0.4, -0.2) is 56.5 Å². The van der Waals surface area contributed by atoms with Crippen LogP contribution in [0.2, 0.25) is 5.02 Å². The molecule has 4 aromatic carbocycles. The molecule has 47 heavy (non-hydrogen) atoms. The third-order valence-corrected chi connectivity index (χ3v) is 11.2. The van der Waals surface area contributed by atoms with Crippen molar-refractivity contribution in [3.63, 3.8) is 0 Å². The van der Waals surface area contributed by atoms with Gasteiger partial charge in [0.25, 0.3) is 5.92 Å². The van der Waals surface area contributed by atoms with Gasteiger partial charge in [0.2, 0.25) is 15.9 Å². The van der Waals surface area contributed by atoms with Gasteiger partial charge in [-0.3, -0.25) is 4.79 Å². The molecule has 1 aliphatic heterocycles. The minimum Gasteiger partial charge on any atom is -0.490 e. The van der Waals surface area contributed by atoms with Crippen LogP contribution in [0.1, 0.15) is 44.1 Å². The Labute approximate surface area is 278 Å². The van der Waals surface area contributed by atoms with Crippen molar-refractivity contribution < 1.29 is 26.7 Å². The fourth-order valence-electron chi connectivity index (χ4n) is 6.65. The SMILES string of the molecule is O=C([C@@H](NS(=O)(=O)c1ccc2cc(OC3CCCC3)ccc2c1)C(F)(F)c1ccc(-c2ccc(Cl)cc2)cc1)N1CCNC2(CC2)C1. The molecule has 7 nitrogen and oxygen atoms in total. The maximum absolute atomic E-state index is 16.5. The lowest BCUT2D eigenvalue weighted by molar-refractivity contribution is -0.145. The predicted molar refractivity (Wildman–Crippen MR) is 178 cm³/mol. The van der Waals surface area contributed by atoms with Gasteiger partial charge < -0.3 is 15.0 Å². The lowest BCUT2D eigenvalue weighted by atomic mass is 9.97. The van der Waals surface area contributed by atoms with Crippen molar-refractivity contribution in [2.24, 2.45) is 0 Å². The minimum atomic E-state index is -4.56. The van der Waals surface area contributed by atoms with Crippen LogP contribution in [0.4, 0.5) is 8.78 Å². The summed E-state index contributed by atoms with van der Waals surface area (Å²) in [4.78, 5) is 15.1. The second-order valence-corrected chi connectivity index (χ2v) is 15.1. The number of hydrogen-bond donors (Lipinski definition) is 2. The highest BCUT2D eigenvalue weighted by Crippen LogP contribution is 2.40. The fraction of sp³-hybridized carbons (Fsp3) is 0.361. The number of amides is 1. The number of alkyl halides is 2. The predicted octanol–water partition coefficient (Wildman–Crippen LogP) is 6.88. The third kappa shape index (κ3) is 6.74. The van der Waals surface area contributed by atoms with E-state index in [1.54, 1.807) is 42.5 Å². The van der Waals surface area contributed by atoms with Gasteiger partial charge in [-0.15, -0.1) is 0 Å². The molecule has 2 saturated carbocycles. The Kier molecular flexibility index (Phi) is 8.49. The molecule has 246 valence electrons. The molecule has 0 bridgehead atoms. The number of carbonyl (C=O) groups excluding carboxylic acids is 1. The number of carbonyl (C=O) groups is 1. The van der Waals surface area contributed by atoms with Gasteiger partial charge in [0.15, 0.2) is 6.04 Å². The summed E-state index contributed by atoms with van der Waals surface area (Å²) in [5, 5.41) is 5.28. The zero-order valence-electron chi connectivity index (χ0n) is 25.7. The van der Waals surface area contributed by atoms with Gasteiger partial charge in [0.1, 0.15) is 5.75 Å². The Hall–Kier alpha value is -3.57. The Balaban J connectivity index is 1.18. The van der Waals surface area contributed by atoms with Crippen LogP contribution >= 0.6 is 11.6 Å². The summed E-state index contributed by atoms with van der Waals surface area (Å²) in [5.74, 6) is -4.12. The molecule has 1 amide bonds. The van der Waals surface area contributed by atoms with E-state index in [0.717, 1.165) is 49.5 Å². The van der Waals surface area contributed by atoms with E-state index in [4.69, 9.17) is 16.3 Å². The first-order valence-corrected chi connectivity index (χ1v) is 17.9. The summed E-state index contributed by atoms with van der Waals surface area (Å²) in [6.45, 7) is 0.895. The number of hydrogen-bond acceptors (Lipinski definition) is 5. The molecule has 0 radical (unpaired) electrons. The number of piperazine rings is 1. The van der Waals surface area contributed by atoms with Crippen molar-refractivity contribution in [2.45, 2.75) is 67.0 Å². The van der Waals surface area contributed by atoms with Crippen LogP contribution in [0, 0.1) is 0 Å². The summed E-state index contributed by atoms with van der Waals surface area (Å²) in [5.41, 5.74) is 0.698. The van der Waals surface area contributed by atoms with Gasteiger partial charge in [-0.05, 0) is 96.8 Å². The van der Waals surface area contributed by atoms with Crippen LogP contribution in [0.25, 0.3) is 21.9 Å². The lowest BCUT2D eigenvalue weighted by Crippen LogP contribution is -2.61. The summed E-state index contributed by atoms with van der Waals surface area (Å²) in [6, 6.07) is 20.0. The second kappa shape index (κ2) is 12.5. The monoisotopic (exact) mass is 679 g/mol. The molecular formula is C36H36ClF2N3O4S. The third-order valence-electron chi connectivity index (χ3n) is 9.57. The van der Waals surface area contributed by atoms with E-state index in [1.807, 2.05) is 6.07 Å². The first kappa shape index (κ1) is 32.0. The van der Waals surface area contributed by atoms with Crippen molar-refractivity contribution in [1.82, 2.24) is 14.9 Å². The molecule has 0 aromatic heterocycles. The molecule has 1 spiro atoms. The van der Waals surface area contributed by atoms with Crippen LogP contribution < -0.4 is 14.8 Å². The molecule has 4 aromatic rings. The highest BCUT2D eigenvalue weighted by molar-refractivity contribution is 7.89. The molecule has 1 heterocycles. The number of rotatable bonds is 9. The Bertz CT molecular complexity index is 1890. The first-order valence-electron chi connectivity index (χ1n) is 16.0. The van der Waals surface area contributed by atoms with E-state index >= 15 is 8.78 Å². The summed E-state index contributed by atoms with van der Waals surface area (Å²) < 4.78 is 68.8. The number of nitrogens with zero attached hydrogens (tertiary/aromatic N) is 1. The van der Waals surface area contributed by atoms with E-state index < -0.39 is 33.5 Å².